The molecule has 1 amide bonds. The van der Waals surface area contributed by atoms with Crippen molar-refractivity contribution in [1.82, 2.24) is 9.80 Å². The van der Waals surface area contributed by atoms with Gasteiger partial charge in [-0.2, -0.15) is 0 Å². The Balaban J connectivity index is 1.61. The highest BCUT2D eigenvalue weighted by atomic mass is 35.5. The van der Waals surface area contributed by atoms with Gasteiger partial charge in [-0.3, -0.25) is 4.90 Å². The van der Waals surface area contributed by atoms with Gasteiger partial charge in [0, 0.05) is 56.1 Å². The predicted molar refractivity (Wildman–Crippen MR) is 145 cm³/mol. The van der Waals surface area contributed by atoms with Gasteiger partial charge >= 0.3 is 5.91 Å². The van der Waals surface area contributed by atoms with Crippen molar-refractivity contribution in [2.75, 3.05) is 32.7 Å². The number of allylic oxidation sites excluding steroid dienone is 1. The van der Waals surface area contributed by atoms with Crippen molar-refractivity contribution in [2.24, 2.45) is 0 Å². The summed E-state index contributed by atoms with van der Waals surface area (Å²) in [5.74, 6) is 0.355. The maximum Gasteiger partial charge on any atom is 0.385 e. The Kier molecular flexibility index (Phi) is 8.68. The molecule has 3 aromatic rings. The van der Waals surface area contributed by atoms with E-state index in [1.807, 2.05) is 65.6 Å². The highest BCUT2D eigenvalue weighted by molar-refractivity contribution is 6.30. The number of nitrogens with one attached hydrogen (secondary N) is 1. The van der Waals surface area contributed by atoms with E-state index in [1.54, 1.807) is 24.3 Å². The van der Waals surface area contributed by atoms with Crippen LogP contribution in [0.1, 0.15) is 0 Å². The number of rotatable bonds is 9. The van der Waals surface area contributed by atoms with E-state index in [0.717, 1.165) is 30.8 Å². The minimum absolute atomic E-state index is 0.129. The van der Waals surface area contributed by atoms with Crippen LogP contribution >= 0.6 is 11.6 Å². The smallest absolute Gasteiger partial charge is 0.385 e. The zero-order valence-electron chi connectivity index (χ0n) is 20.1. The number of primary amides is 1. The molecule has 1 aliphatic heterocycles. The van der Waals surface area contributed by atoms with Crippen molar-refractivity contribution in [2.45, 2.75) is 0 Å². The second-order valence-electron chi connectivity index (χ2n) is 8.49. The first-order valence-corrected chi connectivity index (χ1v) is 12.3. The lowest BCUT2D eigenvalue weighted by Crippen LogP contribution is -2.83. The molecule has 0 radical (unpaired) electrons. The number of amides is 1. The van der Waals surface area contributed by atoms with Crippen molar-refractivity contribution in [3.05, 3.63) is 108 Å². The van der Waals surface area contributed by atoms with E-state index >= 15 is 0 Å². The number of quaternary nitrogens is 1. The lowest BCUT2D eigenvalue weighted by Gasteiger charge is -2.36. The molecule has 7 heteroatoms. The van der Waals surface area contributed by atoms with E-state index < -0.39 is 0 Å². The number of halogens is 1. The Labute approximate surface area is 217 Å². The SMILES string of the molecule is C=CCN1CCN(/C(C=N)=C(\Oc2ccc(-c3ccccc3)cc2)C(=O)[NH2+]c2ccc(Cl)cc2)CC1. The van der Waals surface area contributed by atoms with Gasteiger partial charge in [0.15, 0.2) is 0 Å². The second kappa shape index (κ2) is 12.3. The topological polar surface area (TPSA) is 73.2 Å². The van der Waals surface area contributed by atoms with Gasteiger partial charge < -0.3 is 15.0 Å². The minimum Gasteiger partial charge on any atom is -0.446 e. The maximum absolute atomic E-state index is 13.5. The van der Waals surface area contributed by atoms with Crippen LogP contribution in [0.15, 0.2) is 103 Å². The summed E-state index contributed by atoms with van der Waals surface area (Å²) < 4.78 is 6.19. The average Bonchev–Trinajstić information content (AvgIpc) is 2.92. The number of carbonyl (C=O) groups excluding carboxylic acids is 1. The van der Waals surface area contributed by atoms with Gasteiger partial charge in [-0.15, -0.1) is 6.58 Å². The molecule has 1 fully saturated rings. The molecule has 3 aromatic carbocycles. The third-order valence-corrected chi connectivity index (χ3v) is 6.29. The number of piperazine rings is 1. The first kappa shape index (κ1) is 25.4. The van der Waals surface area contributed by atoms with Gasteiger partial charge in [0.05, 0.1) is 0 Å². The summed E-state index contributed by atoms with van der Waals surface area (Å²) in [7, 11) is 0. The summed E-state index contributed by atoms with van der Waals surface area (Å²) in [6, 6.07) is 24.7. The molecule has 0 atom stereocenters. The largest absolute Gasteiger partial charge is 0.446 e. The average molecular weight is 502 g/mol. The van der Waals surface area contributed by atoms with Gasteiger partial charge in [0.1, 0.15) is 17.1 Å². The van der Waals surface area contributed by atoms with E-state index in [4.69, 9.17) is 21.7 Å². The Morgan fingerprint density at radius 2 is 1.58 bits per heavy atom. The number of hydrogen-bond donors (Lipinski definition) is 2. The van der Waals surface area contributed by atoms with E-state index in [9.17, 15) is 4.79 Å². The van der Waals surface area contributed by atoms with Crippen LogP contribution in [-0.2, 0) is 4.79 Å². The third-order valence-electron chi connectivity index (χ3n) is 6.04. The number of benzene rings is 3. The Morgan fingerprint density at radius 1 is 0.944 bits per heavy atom. The maximum atomic E-state index is 13.5. The molecule has 4 rings (SSSR count). The summed E-state index contributed by atoms with van der Waals surface area (Å²) in [4.78, 5) is 17.8. The van der Waals surface area contributed by atoms with Crippen LogP contribution in [0.25, 0.3) is 11.1 Å². The molecule has 184 valence electrons. The lowest BCUT2D eigenvalue weighted by molar-refractivity contribution is -0.481. The van der Waals surface area contributed by atoms with E-state index in [-0.39, 0.29) is 11.7 Å². The van der Waals surface area contributed by atoms with Gasteiger partial charge in [0.2, 0.25) is 0 Å². The molecule has 0 bridgehead atoms. The van der Waals surface area contributed by atoms with Crippen molar-refractivity contribution in [1.29, 1.82) is 5.41 Å². The van der Waals surface area contributed by atoms with Gasteiger partial charge in [0.25, 0.3) is 5.76 Å². The Morgan fingerprint density at radius 3 is 2.19 bits per heavy atom. The first-order chi connectivity index (χ1) is 17.6. The van der Waals surface area contributed by atoms with Crippen molar-refractivity contribution < 1.29 is 14.8 Å². The molecule has 3 N–H and O–H groups in total. The number of nitrogens with zero attached hydrogens (tertiary/aromatic N) is 2. The number of carbonyl (C=O) groups is 1. The Hall–Kier alpha value is -3.71. The highest BCUT2D eigenvalue weighted by Gasteiger charge is 2.27. The fourth-order valence-corrected chi connectivity index (χ4v) is 4.25. The molecule has 0 spiro atoms. The van der Waals surface area contributed by atoms with Crippen molar-refractivity contribution >= 4 is 29.4 Å². The molecular weight excluding hydrogens is 472 g/mol. The fourth-order valence-electron chi connectivity index (χ4n) is 4.12. The summed E-state index contributed by atoms with van der Waals surface area (Å²) in [6.45, 7) is 7.64. The Bertz CT molecular complexity index is 1220. The quantitative estimate of drug-likeness (QED) is 0.149. The molecule has 0 unspecified atom stereocenters. The normalized spacial score (nSPS) is 14.6. The van der Waals surface area contributed by atoms with Crippen LogP contribution in [-0.4, -0.2) is 54.6 Å². The van der Waals surface area contributed by atoms with Crippen LogP contribution in [0.4, 0.5) is 5.69 Å². The van der Waals surface area contributed by atoms with Crippen molar-refractivity contribution in [3.8, 4) is 16.9 Å². The van der Waals surface area contributed by atoms with Gasteiger partial charge in [-0.05, 0) is 35.4 Å². The summed E-state index contributed by atoms with van der Waals surface area (Å²) in [5, 5.41) is 10.3. The standard InChI is InChI=1S/C29H29ClN4O2/c1-2-16-33-17-19-34(20-18-33)27(21-31)28(29(35)32-25-12-10-24(30)11-13-25)36-26-14-8-23(9-15-26)22-6-4-3-5-7-22/h2-15,21,31H,1,16-20H2,(H,32,35)/p+1/b28-27-,31-21?. The molecule has 0 saturated carbocycles. The second-order valence-corrected chi connectivity index (χ2v) is 8.92. The number of hydrogen-bond acceptors (Lipinski definition) is 5. The van der Waals surface area contributed by atoms with Crippen LogP contribution in [0.2, 0.25) is 5.02 Å². The lowest BCUT2D eigenvalue weighted by atomic mass is 10.1. The zero-order valence-corrected chi connectivity index (χ0v) is 20.8. The monoisotopic (exact) mass is 501 g/mol. The molecular formula is C29H30ClN4O2+. The molecule has 0 aromatic heterocycles. The van der Waals surface area contributed by atoms with E-state index in [1.165, 1.54) is 11.5 Å². The third kappa shape index (κ3) is 6.49. The summed E-state index contributed by atoms with van der Waals surface area (Å²) in [6.07, 6.45) is 3.10. The fraction of sp³-hybridized carbons (Fsp3) is 0.172. The molecule has 36 heavy (non-hydrogen) atoms. The van der Waals surface area contributed by atoms with Crippen LogP contribution in [0.3, 0.4) is 0 Å². The molecule has 1 saturated heterocycles. The van der Waals surface area contributed by atoms with Crippen molar-refractivity contribution in [3.63, 3.8) is 0 Å². The first-order valence-electron chi connectivity index (χ1n) is 11.9. The molecule has 6 nitrogen and oxygen atoms in total. The van der Waals surface area contributed by atoms with Crippen LogP contribution in [0, 0.1) is 5.41 Å². The molecule has 1 aliphatic rings. The summed E-state index contributed by atoms with van der Waals surface area (Å²) >= 11 is 6.00. The van der Waals surface area contributed by atoms with Gasteiger partial charge in [-0.1, -0.05) is 60.1 Å². The van der Waals surface area contributed by atoms with Crippen LogP contribution < -0.4 is 10.1 Å². The number of ether oxygens (including phenoxy) is 1. The predicted octanol–water partition coefficient (Wildman–Crippen LogP) is 4.47. The minimum atomic E-state index is -0.309. The highest BCUT2D eigenvalue weighted by Crippen LogP contribution is 2.24. The molecule has 1 heterocycles. The van der Waals surface area contributed by atoms with E-state index in [0.29, 0.717) is 35.2 Å². The summed E-state index contributed by atoms with van der Waals surface area (Å²) in [5.41, 5.74) is 3.34. The number of nitrogens with two attached hydrogens (primary N) is 1. The van der Waals surface area contributed by atoms with E-state index in [2.05, 4.69) is 11.5 Å². The van der Waals surface area contributed by atoms with Crippen LogP contribution in [0.5, 0.6) is 5.75 Å². The zero-order chi connectivity index (χ0) is 25.3. The van der Waals surface area contributed by atoms with Gasteiger partial charge in [-0.25, -0.2) is 10.1 Å². The molecule has 0 aliphatic carbocycles.